The zero-order valence-electron chi connectivity index (χ0n) is 4.59. The summed E-state index contributed by atoms with van der Waals surface area (Å²) in [6.07, 6.45) is 0. The molecule has 1 fully saturated rings. The van der Waals surface area contributed by atoms with E-state index in [0.717, 1.165) is 5.06 Å². The SMILES string of the molecule is [O-][N+]1CC[NH+]([O-])CC1. The lowest BCUT2D eigenvalue weighted by atomic mass is 10.4. The third kappa shape index (κ3) is 1.41. The molecule has 0 atom stereocenters. The second kappa shape index (κ2) is 2.41. The van der Waals surface area contributed by atoms with Crippen molar-refractivity contribution in [2.45, 2.75) is 0 Å². The molecule has 0 spiro atoms. The van der Waals surface area contributed by atoms with E-state index >= 15 is 0 Å². The van der Waals surface area contributed by atoms with Crippen LogP contribution in [0.25, 0.3) is 0 Å². The van der Waals surface area contributed by atoms with Crippen LogP contribution in [0, 0.1) is 10.4 Å². The first kappa shape index (κ1) is 5.97. The fourth-order valence-electron chi connectivity index (χ4n) is 0.736. The average Bonchev–Trinajstić information content (AvgIpc) is 1.77. The highest BCUT2D eigenvalue weighted by Gasteiger charge is 2.14. The Morgan fingerprint density at radius 3 is 2.12 bits per heavy atom. The first-order valence-electron chi connectivity index (χ1n) is 2.73. The molecule has 0 saturated carbocycles. The summed E-state index contributed by atoms with van der Waals surface area (Å²) in [7, 11) is 0. The number of rotatable bonds is 0. The lowest BCUT2D eigenvalue weighted by molar-refractivity contribution is -0.851. The molecule has 0 bridgehead atoms. The first-order chi connectivity index (χ1) is 3.79. The topological polar surface area (TPSA) is 56.5 Å². The molecule has 1 saturated heterocycles. The van der Waals surface area contributed by atoms with Gasteiger partial charge in [0.05, 0.1) is 0 Å². The van der Waals surface area contributed by atoms with E-state index in [0.29, 0.717) is 26.2 Å². The van der Waals surface area contributed by atoms with Crippen LogP contribution in [0.15, 0.2) is 0 Å². The molecule has 1 heterocycles. The van der Waals surface area contributed by atoms with Crippen molar-refractivity contribution in [3.8, 4) is 0 Å². The summed E-state index contributed by atoms with van der Waals surface area (Å²) in [4.78, 5) is 0. The maximum atomic E-state index is 10.4. The summed E-state index contributed by atoms with van der Waals surface area (Å²) in [6.45, 7) is 1.70. The zero-order chi connectivity index (χ0) is 5.98. The highest BCUT2D eigenvalue weighted by molar-refractivity contribution is 4.65. The van der Waals surface area contributed by atoms with Crippen LogP contribution < -0.4 is 10.1 Å². The third-order valence-corrected chi connectivity index (χ3v) is 1.28. The van der Waals surface area contributed by atoms with Crippen molar-refractivity contribution in [2.75, 3.05) is 26.2 Å². The van der Waals surface area contributed by atoms with Crippen LogP contribution in [0.4, 0.5) is 0 Å². The fourth-order valence-corrected chi connectivity index (χ4v) is 0.736. The molecule has 0 amide bonds. The quantitative estimate of drug-likeness (QED) is 0.295. The van der Waals surface area contributed by atoms with Gasteiger partial charge in [-0.15, -0.1) is 0 Å². The molecule has 0 aromatic heterocycles. The van der Waals surface area contributed by atoms with Crippen LogP contribution in [0.5, 0.6) is 0 Å². The molecule has 1 radical (unpaired) electrons. The van der Waals surface area contributed by atoms with Gasteiger partial charge in [-0.05, 0) is 0 Å². The van der Waals surface area contributed by atoms with E-state index in [1.54, 1.807) is 0 Å². The lowest BCUT2D eigenvalue weighted by Crippen LogP contribution is -3.10. The molecule has 4 heteroatoms. The highest BCUT2D eigenvalue weighted by atomic mass is 16.5. The van der Waals surface area contributed by atoms with Crippen LogP contribution in [0.2, 0.25) is 0 Å². The maximum absolute atomic E-state index is 10.4. The van der Waals surface area contributed by atoms with Crippen LogP contribution >= 0.6 is 0 Å². The Balaban J connectivity index is 2.19. The fraction of sp³-hybridized carbons (Fsp3) is 1.00. The summed E-state index contributed by atoms with van der Waals surface area (Å²) in [5, 5.41) is 22.0. The number of piperazine rings is 1. The average molecular weight is 117 g/mol. The predicted octanol–water partition coefficient (Wildman–Crippen LogP) is -1.98. The van der Waals surface area contributed by atoms with Gasteiger partial charge in [-0.25, -0.2) is 0 Å². The number of nitrogens with zero attached hydrogens (tertiary/aromatic N) is 1. The summed E-state index contributed by atoms with van der Waals surface area (Å²) < 4.78 is 0. The Morgan fingerprint density at radius 1 is 1.25 bits per heavy atom. The van der Waals surface area contributed by atoms with Crippen molar-refractivity contribution in [1.82, 2.24) is 5.06 Å². The van der Waals surface area contributed by atoms with Crippen molar-refractivity contribution in [1.29, 1.82) is 0 Å². The van der Waals surface area contributed by atoms with Crippen molar-refractivity contribution in [2.24, 2.45) is 0 Å². The zero-order valence-corrected chi connectivity index (χ0v) is 4.59. The minimum atomic E-state index is 0.220. The minimum Gasteiger partial charge on any atom is -0.634 e. The molecule has 1 aliphatic heterocycles. The van der Waals surface area contributed by atoms with Crippen LogP contribution in [-0.2, 0) is 0 Å². The second-order valence-corrected chi connectivity index (χ2v) is 1.97. The molecule has 47 valence electrons. The Bertz CT molecular complexity index is 60.4. The van der Waals surface area contributed by atoms with Crippen molar-refractivity contribution >= 4 is 0 Å². The van der Waals surface area contributed by atoms with Crippen molar-refractivity contribution in [3.63, 3.8) is 0 Å². The molecule has 0 aromatic carbocycles. The molecule has 1 N–H and O–H groups in total. The molecule has 1 aliphatic rings. The van der Waals surface area contributed by atoms with Gasteiger partial charge in [0, 0.05) is 0 Å². The number of quaternary nitrogens is 1. The second-order valence-electron chi connectivity index (χ2n) is 1.97. The van der Waals surface area contributed by atoms with Gasteiger partial charge in [0.15, 0.2) is 13.1 Å². The van der Waals surface area contributed by atoms with E-state index in [4.69, 9.17) is 0 Å². The van der Waals surface area contributed by atoms with Gasteiger partial charge in [-0.3, -0.25) is 0 Å². The summed E-state index contributed by atoms with van der Waals surface area (Å²) >= 11 is 0. The molecule has 0 aromatic rings. The third-order valence-electron chi connectivity index (χ3n) is 1.28. The predicted molar refractivity (Wildman–Crippen MR) is 29.3 cm³/mol. The summed E-state index contributed by atoms with van der Waals surface area (Å²) in [5.41, 5.74) is 0. The first-order valence-corrected chi connectivity index (χ1v) is 2.73. The smallest absolute Gasteiger partial charge is 0.172 e. The largest absolute Gasteiger partial charge is 0.634 e. The highest BCUT2D eigenvalue weighted by Crippen LogP contribution is 1.76. The van der Waals surface area contributed by atoms with Crippen LogP contribution in [0.3, 0.4) is 0 Å². The Kier molecular flexibility index (Phi) is 1.80. The maximum Gasteiger partial charge on any atom is 0.172 e. The van der Waals surface area contributed by atoms with E-state index in [2.05, 4.69) is 0 Å². The summed E-state index contributed by atoms with van der Waals surface area (Å²) in [6, 6.07) is 0. The number of hydrogen-bond acceptors (Lipinski definition) is 3. The van der Waals surface area contributed by atoms with E-state index in [-0.39, 0.29) is 5.06 Å². The van der Waals surface area contributed by atoms with E-state index in [1.807, 2.05) is 0 Å². The lowest BCUT2D eigenvalue weighted by Gasteiger charge is -2.28. The van der Waals surface area contributed by atoms with Gasteiger partial charge in [0.2, 0.25) is 0 Å². The monoisotopic (exact) mass is 117 g/mol. The molecular formula is C4H9N2O2. The van der Waals surface area contributed by atoms with Gasteiger partial charge >= 0.3 is 0 Å². The standard InChI is InChI=1S/C4H9N2O2/c7-5-1-2-6(8)4-3-5/h5H,1-4H2. The van der Waals surface area contributed by atoms with Crippen LogP contribution in [-0.4, -0.2) is 26.2 Å². The Labute approximate surface area is 47.8 Å². The normalized spacial score (nSPS) is 26.2. The number of hydrogen-bond donors (Lipinski definition) is 1. The van der Waals surface area contributed by atoms with Gasteiger partial charge in [0.1, 0.15) is 13.1 Å². The summed E-state index contributed by atoms with van der Waals surface area (Å²) in [5.74, 6) is 0. The van der Waals surface area contributed by atoms with Gasteiger partial charge in [-0.2, -0.15) is 5.06 Å². The Hall–Kier alpha value is -0.160. The Morgan fingerprint density at radius 2 is 1.75 bits per heavy atom. The van der Waals surface area contributed by atoms with Gasteiger partial charge in [-0.1, -0.05) is 0 Å². The number of nitrogens with one attached hydrogen (secondary N) is 1. The van der Waals surface area contributed by atoms with Crippen molar-refractivity contribution < 1.29 is 5.06 Å². The molecule has 1 rings (SSSR count). The van der Waals surface area contributed by atoms with E-state index in [1.165, 1.54) is 0 Å². The van der Waals surface area contributed by atoms with Gasteiger partial charge in [0.25, 0.3) is 0 Å². The van der Waals surface area contributed by atoms with Crippen molar-refractivity contribution in [3.05, 3.63) is 10.4 Å². The molecule has 0 aliphatic carbocycles. The number of hydroxylamine groups is 4. The molecule has 4 nitrogen and oxygen atoms in total. The van der Waals surface area contributed by atoms with E-state index in [9.17, 15) is 10.4 Å². The van der Waals surface area contributed by atoms with Crippen LogP contribution in [0.1, 0.15) is 0 Å². The van der Waals surface area contributed by atoms with Gasteiger partial charge < -0.3 is 15.5 Å². The molecule has 8 heavy (non-hydrogen) atoms. The molecular weight excluding hydrogens is 108 g/mol. The van der Waals surface area contributed by atoms with E-state index < -0.39 is 0 Å². The minimum absolute atomic E-state index is 0.220. The molecule has 0 unspecified atom stereocenters.